The van der Waals surface area contributed by atoms with Crippen molar-refractivity contribution in [2.75, 3.05) is 13.2 Å². The van der Waals surface area contributed by atoms with Crippen molar-refractivity contribution in [1.29, 1.82) is 0 Å². The highest BCUT2D eigenvalue weighted by Gasteiger charge is 2.15. The van der Waals surface area contributed by atoms with Crippen LogP contribution < -0.4 is 5.32 Å². The minimum Gasteiger partial charge on any atom is -0.465 e. The van der Waals surface area contributed by atoms with E-state index < -0.39 is 12.1 Å². The number of benzene rings is 1. The Hall–Kier alpha value is -0.910. The first-order valence-electron chi connectivity index (χ1n) is 5.88. The Bertz CT molecular complexity index is 398. The van der Waals surface area contributed by atoms with Crippen LogP contribution in [0.25, 0.3) is 0 Å². The molecule has 18 heavy (non-hydrogen) atoms. The summed E-state index contributed by atoms with van der Waals surface area (Å²) in [5.74, 6) is -0.307. The van der Waals surface area contributed by atoms with Crippen LogP contribution >= 0.6 is 15.9 Å². The first-order valence-corrected chi connectivity index (χ1v) is 6.67. The lowest BCUT2D eigenvalue weighted by atomic mass is 10.1. The molecule has 0 spiro atoms. The summed E-state index contributed by atoms with van der Waals surface area (Å²) in [6, 6.07) is 7.02. The van der Waals surface area contributed by atoms with Crippen molar-refractivity contribution in [2.45, 2.75) is 26.0 Å². The van der Waals surface area contributed by atoms with Crippen molar-refractivity contribution >= 4 is 21.9 Å². The second kappa shape index (κ2) is 7.51. The first-order chi connectivity index (χ1) is 8.54. The fourth-order valence-electron chi connectivity index (χ4n) is 1.47. The molecule has 0 bridgehead atoms. The number of rotatable bonds is 6. The molecule has 0 amide bonds. The number of aliphatic hydroxyl groups excluding tert-OH is 1. The third-order valence-corrected chi connectivity index (χ3v) is 2.98. The third kappa shape index (κ3) is 4.76. The Kier molecular flexibility index (Phi) is 6.32. The molecular weight excluding hydrogens is 298 g/mol. The molecular formula is C13H18BrNO3. The van der Waals surface area contributed by atoms with Gasteiger partial charge in [0.2, 0.25) is 0 Å². The summed E-state index contributed by atoms with van der Waals surface area (Å²) in [5.41, 5.74) is 0.799. The Labute approximate surface area is 115 Å². The summed E-state index contributed by atoms with van der Waals surface area (Å²) >= 11 is 3.35. The predicted molar refractivity (Wildman–Crippen MR) is 73.2 cm³/mol. The standard InChI is InChI=1S/C13H18BrNO3/c1-3-18-13(17)9(2)15-8-12(16)10-5-4-6-11(14)7-10/h4-7,9,12,15-16H,3,8H2,1-2H3. The molecule has 0 aliphatic heterocycles. The number of halogens is 1. The molecule has 5 heteroatoms. The zero-order valence-corrected chi connectivity index (χ0v) is 12.1. The lowest BCUT2D eigenvalue weighted by Gasteiger charge is -2.16. The molecule has 0 heterocycles. The van der Waals surface area contributed by atoms with Crippen LogP contribution in [0.2, 0.25) is 0 Å². The van der Waals surface area contributed by atoms with Crippen molar-refractivity contribution < 1.29 is 14.6 Å². The zero-order chi connectivity index (χ0) is 13.5. The third-order valence-electron chi connectivity index (χ3n) is 2.49. The number of ether oxygens (including phenoxy) is 1. The number of hydrogen-bond acceptors (Lipinski definition) is 4. The first kappa shape index (κ1) is 15.1. The molecule has 0 aromatic heterocycles. The topological polar surface area (TPSA) is 58.6 Å². The van der Waals surface area contributed by atoms with Gasteiger partial charge in [-0.2, -0.15) is 0 Å². The fourth-order valence-corrected chi connectivity index (χ4v) is 1.89. The number of hydrogen-bond donors (Lipinski definition) is 2. The summed E-state index contributed by atoms with van der Waals surface area (Å²) in [4.78, 5) is 11.4. The van der Waals surface area contributed by atoms with Gasteiger partial charge in [-0.05, 0) is 31.5 Å². The number of carbonyl (C=O) groups excluding carboxylic acids is 1. The van der Waals surface area contributed by atoms with Crippen molar-refractivity contribution in [2.24, 2.45) is 0 Å². The molecule has 0 radical (unpaired) electrons. The molecule has 1 aromatic rings. The van der Waals surface area contributed by atoms with Crippen LogP contribution in [0.5, 0.6) is 0 Å². The smallest absolute Gasteiger partial charge is 0.322 e. The molecule has 2 N–H and O–H groups in total. The number of aliphatic hydroxyl groups is 1. The van der Waals surface area contributed by atoms with Crippen LogP contribution in [-0.4, -0.2) is 30.3 Å². The van der Waals surface area contributed by atoms with Gasteiger partial charge in [-0.15, -0.1) is 0 Å². The van der Waals surface area contributed by atoms with Crippen molar-refractivity contribution in [3.8, 4) is 0 Å². The van der Waals surface area contributed by atoms with E-state index in [0.717, 1.165) is 10.0 Å². The highest BCUT2D eigenvalue weighted by atomic mass is 79.9. The summed E-state index contributed by atoms with van der Waals surface area (Å²) in [7, 11) is 0. The van der Waals surface area contributed by atoms with Gasteiger partial charge >= 0.3 is 5.97 Å². The van der Waals surface area contributed by atoms with Crippen molar-refractivity contribution in [3.05, 3.63) is 34.3 Å². The molecule has 0 aliphatic carbocycles. The molecule has 0 fully saturated rings. The second-order valence-electron chi connectivity index (χ2n) is 3.95. The molecule has 0 aliphatic rings. The van der Waals surface area contributed by atoms with Crippen LogP contribution in [0, 0.1) is 0 Å². The van der Waals surface area contributed by atoms with E-state index in [0.29, 0.717) is 13.2 Å². The maximum atomic E-state index is 11.4. The maximum absolute atomic E-state index is 11.4. The Balaban J connectivity index is 2.46. The van der Waals surface area contributed by atoms with E-state index in [2.05, 4.69) is 21.2 Å². The van der Waals surface area contributed by atoms with Gasteiger partial charge in [0, 0.05) is 11.0 Å². The molecule has 1 rings (SSSR count). The van der Waals surface area contributed by atoms with Gasteiger partial charge in [0.05, 0.1) is 12.7 Å². The zero-order valence-electron chi connectivity index (χ0n) is 10.5. The fraction of sp³-hybridized carbons (Fsp3) is 0.462. The molecule has 100 valence electrons. The SMILES string of the molecule is CCOC(=O)C(C)NCC(O)c1cccc(Br)c1. The van der Waals surface area contributed by atoms with Gasteiger partial charge in [-0.3, -0.25) is 4.79 Å². The van der Waals surface area contributed by atoms with Crippen LogP contribution in [0.3, 0.4) is 0 Å². The van der Waals surface area contributed by atoms with Crippen LogP contribution in [-0.2, 0) is 9.53 Å². The number of carbonyl (C=O) groups is 1. The van der Waals surface area contributed by atoms with E-state index in [4.69, 9.17) is 4.74 Å². The summed E-state index contributed by atoms with van der Waals surface area (Å²) in [6.45, 7) is 4.14. The molecule has 1 aromatic carbocycles. The van der Waals surface area contributed by atoms with E-state index in [1.165, 1.54) is 0 Å². The van der Waals surface area contributed by atoms with E-state index in [1.54, 1.807) is 13.8 Å². The average molecular weight is 316 g/mol. The Morgan fingerprint density at radius 1 is 1.56 bits per heavy atom. The van der Waals surface area contributed by atoms with Crippen LogP contribution in [0.1, 0.15) is 25.5 Å². The number of nitrogens with one attached hydrogen (secondary N) is 1. The minimum absolute atomic E-state index is 0.302. The van der Waals surface area contributed by atoms with Crippen LogP contribution in [0.15, 0.2) is 28.7 Å². The van der Waals surface area contributed by atoms with Gasteiger partial charge in [0.1, 0.15) is 6.04 Å². The van der Waals surface area contributed by atoms with E-state index in [9.17, 15) is 9.90 Å². The quantitative estimate of drug-likeness (QED) is 0.789. The van der Waals surface area contributed by atoms with Crippen molar-refractivity contribution in [3.63, 3.8) is 0 Å². The van der Waals surface area contributed by atoms with E-state index in [-0.39, 0.29) is 5.97 Å². The molecule has 2 atom stereocenters. The molecule has 4 nitrogen and oxygen atoms in total. The normalized spacial score (nSPS) is 14.0. The van der Waals surface area contributed by atoms with Gasteiger partial charge in [-0.25, -0.2) is 0 Å². The molecule has 2 unspecified atom stereocenters. The summed E-state index contributed by atoms with van der Waals surface area (Å²) in [5, 5.41) is 12.9. The second-order valence-corrected chi connectivity index (χ2v) is 4.87. The predicted octanol–water partition coefficient (Wildman–Crippen LogP) is 2.02. The van der Waals surface area contributed by atoms with E-state index in [1.807, 2.05) is 24.3 Å². The summed E-state index contributed by atoms with van der Waals surface area (Å²) < 4.78 is 5.78. The van der Waals surface area contributed by atoms with Gasteiger partial charge < -0.3 is 15.2 Å². The largest absolute Gasteiger partial charge is 0.465 e. The lowest BCUT2D eigenvalue weighted by molar-refractivity contribution is -0.145. The van der Waals surface area contributed by atoms with E-state index >= 15 is 0 Å². The average Bonchev–Trinajstić information content (AvgIpc) is 2.35. The molecule has 0 saturated heterocycles. The van der Waals surface area contributed by atoms with Crippen LogP contribution in [0.4, 0.5) is 0 Å². The Morgan fingerprint density at radius 3 is 2.89 bits per heavy atom. The monoisotopic (exact) mass is 315 g/mol. The van der Waals surface area contributed by atoms with Gasteiger partial charge in [0.25, 0.3) is 0 Å². The van der Waals surface area contributed by atoms with Crippen molar-refractivity contribution in [1.82, 2.24) is 5.32 Å². The minimum atomic E-state index is -0.653. The van der Waals surface area contributed by atoms with Gasteiger partial charge in [0.15, 0.2) is 0 Å². The molecule has 0 saturated carbocycles. The number of esters is 1. The van der Waals surface area contributed by atoms with Gasteiger partial charge in [-0.1, -0.05) is 28.1 Å². The highest BCUT2D eigenvalue weighted by molar-refractivity contribution is 9.10. The highest BCUT2D eigenvalue weighted by Crippen LogP contribution is 2.17. The summed E-state index contributed by atoms with van der Waals surface area (Å²) in [6.07, 6.45) is -0.653. The Morgan fingerprint density at radius 2 is 2.28 bits per heavy atom. The maximum Gasteiger partial charge on any atom is 0.322 e. The lowest BCUT2D eigenvalue weighted by Crippen LogP contribution is -2.37.